The van der Waals surface area contributed by atoms with Gasteiger partial charge in [0, 0.05) is 17.1 Å². The molecule has 30 heavy (non-hydrogen) atoms. The first-order valence-corrected chi connectivity index (χ1v) is 10.2. The molecule has 0 aliphatic carbocycles. The van der Waals surface area contributed by atoms with E-state index in [1.54, 1.807) is 16.5 Å². The number of para-hydroxylation sites is 2. The van der Waals surface area contributed by atoms with Crippen molar-refractivity contribution in [1.29, 1.82) is 0 Å². The van der Waals surface area contributed by atoms with E-state index in [-0.39, 0.29) is 11.1 Å². The number of carbonyl (C=O) groups is 1. The number of rotatable bonds is 3. The molecule has 0 unspecified atom stereocenters. The van der Waals surface area contributed by atoms with Gasteiger partial charge in [0.1, 0.15) is 0 Å². The predicted molar refractivity (Wildman–Crippen MR) is 115 cm³/mol. The van der Waals surface area contributed by atoms with Gasteiger partial charge in [-0.2, -0.15) is 0 Å². The van der Waals surface area contributed by atoms with E-state index in [0.717, 1.165) is 33.7 Å². The Labute approximate surface area is 175 Å². The molecular weight excluding hydrogens is 398 g/mol. The first-order valence-electron chi connectivity index (χ1n) is 9.36. The van der Waals surface area contributed by atoms with Gasteiger partial charge in [-0.05, 0) is 61.4 Å². The van der Waals surface area contributed by atoms with E-state index in [4.69, 9.17) is 0 Å². The predicted octanol–water partition coefficient (Wildman–Crippen LogP) is 2.23. The van der Waals surface area contributed by atoms with E-state index in [1.807, 2.05) is 60.9 Å². The topological polar surface area (TPSA) is 79.4 Å². The van der Waals surface area contributed by atoms with E-state index < -0.39 is 5.97 Å². The summed E-state index contributed by atoms with van der Waals surface area (Å²) in [4.78, 5) is 29.5. The number of aromatic carboxylic acids is 1. The van der Waals surface area contributed by atoms with E-state index in [1.165, 1.54) is 17.4 Å². The molecule has 0 fully saturated rings. The first kappa shape index (κ1) is 18.3. The van der Waals surface area contributed by atoms with Crippen molar-refractivity contribution in [3.8, 4) is 5.69 Å². The molecule has 0 atom stereocenters. The molecule has 0 saturated heterocycles. The zero-order valence-corrected chi connectivity index (χ0v) is 17.1. The fourth-order valence-electron chi connectivity index (χ4n) is 3.86. The van der Waals surface area contributed by atoms with Crippen LogP contribution in [-0.2, 0) is 0 Å². The molecule has 6 nitrogen and oxygen atoms in total. The maximum atomic E-state index is 13.0. The number of nitrogens with zero attached hydrogens (tertiary/aromatic N) is 3. The van der Waals surface area contributed by atoms with Gasteiger partial charge in [0.05, 0.1) is 21.5 Å². The molecule has 5 rings (SSSR count). The van der Waals surface area contributed by atoms with Crippen molar-refractivity contribution >= 4 is 39.4 Å². The zero-order chi connectivity index (χ0) is 21.0. The molecule has 3 heterocycles. The highest BCUT2D eigenvalue weighted by Crippen LogP contribution is 2.22. The highest BCUT2D eigenvalue weighted by atomic mass is 32.1. The van der Waals surface area contributed by atoms with E-state index in [0.29, 0.717) is 9.49 Å². The Balaban J connectivity index is 1.68. The highest BCUT2D eigenvalue weighted by Gasteiger charge is 2.13. The van der Waals surface area contributed by atoms with Crippen molar-refractivity contribution in [2.75, 3.05) is 0 Å². The second-order valence-corrected chi connectivity index (χ2v) is 8.14. The molecule has 0 saturated carbocycles. The lowest BCUT2D eigenvalue weighted by Crippen LogP contribution is -2.22. The molecule has 2 aromatic carbocycles. The lowest BCUT2D eigenvalue weighted by Gasteiger charge is -2.11. The van der Waals surface area contributed by atoms with Gasteiger partial charge < -0.3 is 14.5 Å². The van der Waals surface area contributed by atoms with Crippen LogP contribution in [-0.4, -0.2) is 19.9 Å². The summed E-state index contributed by atoms with van der Waals surface area (Å²) in [6.45, 7) is 3.89. The molecule has 0 N–H and O–H groups in total. The van der Waals surface area contributed by atoms with Crippen LogP contribution in [0.1, 0.15) is 27.3 Å². The number of hydrogen-bond acceptors (Lipinski definition) is 5. The first-order chi connectivity index (χ1) is 14.4. The van der Waals surface area contributed by atoms with Gasteiger partial charge in [-0.25, -0.2) is 9.38 Å². The van der Waals surface area contributed by atoms with Crippen molar-refractivity contribution < 1.29 is 9.90 Å². The van der Waals surface area contributed by atoms with Crippen LogP contribution in [0.15, 0.2) is 59.4 Å². The summed E-state index contributed by atoms with van der Waals surface area (Å²) < 4.78 is 4.22. The Morgan fingerprint density at radius 2 is 1.90 bits per heavy atom. The largest absolute Gasteiger partial charge is 0.545 e. The molecule has 0 bridgehead atoms. The van der Waals surface area contributed by atoms with Crippen LogP contribution in [0.25, 0.3) is 27.8 Å². The van der Waals surface area contributed by atoms with E-state index in [2.05, 4.69) is 4.98 Å². The summed E-state index contributed by atoms with van der Waals surface area (Å²) in [6, 6.07) is 16.2. The number of thiazole rings is 1. The number of fused-ring (bicyclic) bond motifs is 3. The highest BCUT2D eigenvalue weighted by molar-refractivity contribution is 7.15. The van der Waals surface area contributed by atoms with Crippen LogP contribution in [0.5, 0.6) is 0 Å². The number of aryl methyl sites for hydroxylation is 1. The average molecular weight is 414 g/mol. The molecular formula is C23H16N3O3S-. The van der Waals surface area contributed by atoms with Crippen LogP contribution < -0.4 is 15.2 Å². The summed E-state index contributed by atoms with van der Waals surface area (Å²) in [6.07, 6.45) is 1.87. The Bertz CT molecular complexity index is 1570. The van der Waals surface area contributed by atoms with Crippen LogP contribution in [0.2, 0.25) is 0 Å². The third-order valence-electron chi connectivity index (χ3n) is 5.24. The second-order valence-electron chi connectivity index (χ2n) is 7.13. The van der Waals surface area contributed by atoms with Gasteiger partial charge in [-0.15, -0.1) is 0 Å². The Morgan fingerprint density at radius 3 is 2.70 bits per heavy atom. The van der Waals surface area contributed by atoms with Crippen molar-refractivity contribution in [3.05, 3.63) is 92.0 Å². The van der Waals surface area contributed by atoms with Crippen LogP contribution in [0, 0.1) is 13.8 Å². The normalized spacial score (nSPS) is 12.3. The van der Waals surface area contributed by atoms with Crippen molar-refractivity contribution in [3.63, 3.8) is 0 Å². The third-order valence-corrected chi connectivity index (χ3v) is 6.21. The van der Waals surface area contributed by atoms with Crippen molar-refractivity contribution in [2.45, 2.75) is 13.8 Å². The van der Waals surface area contributed by atoms with E-state index >= 15 is 0 Å². The maximum absolute atomic E-state index is 13.0. The minimum absolute atomic E-state index is 0.0903. The van der Waals surface area contributed by atoms with Gasteiger partial charge in [0.2, 0.25) is 0 Å². The van der Waals surface area contributed by atoms with Gasteiger partial charge in [0.25, 0.3) is 5.56 Å². The molecule has 0 radical (unpaired) electrons. The molecule has 0 spiro atoms. The lowest BCUT2D eigenvalue weighted by atomic mass is 10.2. The van der Waals surface area contributed by atoms with Crippen LogP contribution in [0.4, 0.5) is 0 Å². The molecule has 7 heteroatoms. The summed E-state index contributed by atoms with van der Waals surface area (Å²) in [5.74, 6) is -1.21. The fraction of sp³-hybridized carbons (Fsp3) is 0.0870. The molecule has 0 aliphatic heterocycles. The zero-order valence-electron chi connectivity index (χ0n) is 16.2. The Hall–Kier alpha value is -3.71. The summed E-state index contributed by atoms with van der Waals surface area (Å²) >= 11 is 1.36. The van der Waals surface area contributed by atoms with Gasteiger partial charge in [-0.3, -0.25) is 4.79 Å². The van der Waals surface area contributed by atoms with E-state index in [9.17, 15) is 14.7 Å². The van der Waals surface area contributed by atoms with Crippen LogP contribution in [0.3, 0.4) is 0 Å². The van der Waals surface area contributed by atoms with Crippen molar-refractivity contribution in [1.82, 2.24) is 14.0 Å². The number of benzene rings is 2. The Kier molecular flexibility index (Phi) is 4.08. The number of aromatic nitrogens is 3. The maximum Gasteiger partial charge on any atom is 0.274 e. The Morgan fingerprint density at radius 1 is 1.10 bits per heavy atom. The number of carboxylic acid groups (broad SMARTS) is 1. The number of carbonyl (C=O) groups excluding carboxylic acids is 1. The summed E-state index contributed by atoms with van der Waals surface area (Å²) in [7, 11) is 0. The monoisotopic (exact) mass is 414 g/mol. The van der Waals surface area contributed by atoms with Gasteiger partial charge in [-0.1, -0.05) is 35.6 Å². The standard InChI is InChI=1S/C23H17N3O3S/c1-13-10-16(14(2)25(13)17-7-5-6-15(11-17)22(28)29)12-20-21(27)26-19-9-4-3-8-18(19)24-23(26)30-20/h3-12H,1-2H3,(H,28,29)/p-1/b20-12+. The van der Waals surface area contributed by atoms with Gasteiger partial charge in [0.15, 0.2) is 4.96 Å². The minimum Gasteiger partial charge on any atom is -0.545 e. The number of carboxylic acids is 1. The molecule has 0 aliphatic rings. The molecule has 0 amide bonds. The third kappa shape index (κ3) is 2.74. The minimum atomic E-state index is -1.21. The fourth-order valence-corrected chi connectivity index (χ4v) is 4.83. The number of hydrogen-bond donors (Lipinski definition) is 0. The lowest BCUT2D eigenvalue weighted by molar-refractivity contribution is -0.255. The second kappa shape index (κ2) is 6.67. The van der Waals surface area contributed by atoms with Crippen molar-refractivity contribution in [2.24, 2.45) is 0 Å². The average Bonchev–Trinajstić information content (AvgIpc) is 3.33. The smallest absolute Gasteiger partial charge is 0.274 e. The number of imidazole rings is 1. The molecule has 5 aromatic rings. The SMILES string of the molecule is Cc1cc(/C=c2/sc3nc4ccccc4n3c2=O)c(C)n1-c1cccc(C(=O)[O-])c1. The summed E-state index contributed by atoms with van der Waals surface area (Å²) in [5, 5.41) is 11.2. The molecule has 148 valence electrons. The van der Waals surface area contributed by atoms with Crippen LogP contribution >= 0.6 is 11.3 Å². The van der Waals surface area contributed by atoms with Gasteiger partial charge >= 0.3 is 0 Å². The molecule has 3 aromatic heterocycles. The quantitative estimate of drug-likeness (QED) is 0.454. The summed E-state index contributed by atoms with van der Waals surface area (Å²) in [5.41, 5.74) is 5.13.